The van der Waals surface area contributed by atoms with E-state index in [4.69, 9.17) is 0 Å². The second kappa shape index (κ2) is 6.42. The third kappa shape index (κ3) is 3.05. The summed E-state index contributed by atoms with van der Waals surface area (Å²) in [5.41, 5.74) is 0. The summed E-state index contributed by atoms with van der Waals surface area (Å²) in [7, 11) is 1.85. The summed E-state index contributed by atoms with van der Waals surface area (Å²) in [5.74, 6) is -1.27. The van der Waals surface area contributed by atoms with Crippen LogP contribution in [-0.2, 0) is 9.59 Å². The average molecular weight is 279 g/mol. The molecule has 0 bridgehead atoms. The van der Waals surface area contributed by atoms with Gasteiger partial charge >= 0.3 is 5.97 Å². The number of carbonyl (C=O) groups excluding carboxylic acids is 1. The van der Waals surface area contributed by atoms with E-state index in [1.54, 1.807) is 0 Å². The van der Waals surface area contributed by atoms with Crippen molar-refractivity contribution in [1.29, 1.82) is 0 Å². The molecule has 4 atom stereocenters. The molecule has 0 spiro atoms. The summed E-state index contributed by atoms with van der Waals surface area (Å²) >= 11 is 0. The Morgan fingerprint density at radius 1 is 1.10 bits per heavy atom. The van der Waals surface area contributed by atoms with E-state index >= 15 is 0 Å². The van der Waals surface area contributed by atoms with Crippen molar-refractivity contribution in [3.63, 3.8) is 0 Å². The Bertz CT molecular complexity index is 405. The minimum atomic E-state index is -0.849. The number of rotatable bonds is 3. The summed E-state index contributed by atoms with van der Waals surface area (Å²) in [6.07, 6.45) is 9.47. The lowest BCUT2D eigenvalue weighted by atomic mass is 9.80. The van der Waals surface area contributed by atoms with Gasteiger partial charge in [0.25, 0.3) is 0 Å². The highest BCUT2D eigenvalue weighted by molar-refractivity contribution is 5.85. The lowest BCUT2D eigenvalue weighted by Gasteiger charge is -2.39. The van der Waals surface area contributed by atoms with Crippen LogP contribution in [0, 0.1) is 17.8 Å². The average Bonchev–Trinajstić information content (AvgIpc) is 2.46. The number of carboxylic acid groups (broad SMARTS) is 1. The van der Waals surface area contributed by atoms with Gasteiger partial charge in [-0.1, -0.05) is 31.9 Å². The normalized spacial score (nSPS) is 33.7. The van der Waals surface area contributed by atoms with E-state index in [1.807, 2.05) is 24.1 Å². The van der Waals surface area contributed by atoms with Crippen molar-refractivity contribution >= 4 is 11.9 Å². The van der Waals surface area contributed by atoms with E-state index < -0.39 is 17.8 Å². The number of hydrogen-bond acceptors (Lipinski definition) is 2. The van der Waals surface area contributed by atoms with Crippen LogP contribution in [0.1, 0.15) is 45.4 Å². The summed E-state index contributed by atoms with van der Waals surface area (Å²) in [6, 6.07) is 0.275. The molecule has 1 fully saturated rings. The van der Waals surface area contributed by atoms with Gasteiger partial charge in [0.05, 0.1) is 11.8 Å². The molecular formula is C16H25NO3. The van der Waals surface area contributed by atoms with E-state index in [9.17, 15) is 14.7 Å². The van der Waals surface area contributed by atoms with E-state index in [-0.39, 0.29) is 11.9 Å². The fraction of sp³-hybridized carbons (Fsp3) is 0.750. The Balaban J connectivity index is 2.08. The Kier molecular flexibility index (Phi) is 4.84. The maximum absolute atomic E-state index is 12.7. The SMILES string of the molecule is CC1CCCCC1N(C)C(=O)C1CC=CCC1C(=O)O. The molecule has 0 aromatic rings. The first-order valence-corrected chi connectivity index (χ1v) is 7.67. The van der Waals surface area contributed by atoms with Crippen LogP contribution in [0.2, 0.25) is 0 Å². The molecule has 0 heterocycles. The van der Waals surface area contributed by atoms with Crippen molar-refractivity contribution in [2.45, 2.75) is 51.5 Å². The highest BCUT2D eigenvalue weighted by Crippen LogP contribution is 2.32. The molecule has 1 saturated carbocycles. The van der Waals surface area contributed by atoms with Gasteiger partial charge < -0.3 is 10.0 Å². The zero-order chi connectivity index (χ0) is 14.7. The largest absolute Gasteiger partial charge is 0.481 e. The summed E-state index contributed by atoms with van der Waals surface area (Å²) in [4.78, 5) is 25.9. The Morgan fingerprint density at radius 2 is 1.70 bits per heavy atom. The Labute approximate surface area is 120 Å². The van der Waals surface area contributed by atoms with Gasteiger partial charge in [-0.3, -0.25) is 9.59 Å². The van der Waals surface area contributed by atoms with E-state index in [2.05, 4.69) is 6.92 Å². The van der Waals surface area contributed by atoms with Gasteiger partial charge in [0.15, 0.2) is 0 Å². The molecule has 4 nitrogen and oxygen atoms in total. The van der Waals surface area contributed by atoms with Crippen LogP contribution in [0.5, 0.6) is 0 Å². The molecule has 0 radical (unpaired) electrons. The van der Waals surface area contributed by atoms with Gasteiger partial charge in [0, 0.05) is 13.1 Å². The van der Waals surface area contributed by atoms with Gasteiger partial charge in [-0.2, -0.15) is 0 Å². The second-order valence-electron chi connectivity index (χ2n) is 6.27. The maximum Gasteiger partial charge on any atom is 0.307 e. The number of carbonyl (C=O) groups is 2. The molecule has 4 heteroatoms. The molecular weight excluding hydrogens is 254 g/mol. The first-order valence-electron chi connectivity index (χ1n) is 7.67. The highest BCUT2D eigenvalue weighted by Gasteiger charge is 2.38. The fourth-order valence-electron chi connectivity index (χ4n) is 3.66. The number of aliphatic carboxylic acids is 1. The number of nitrogens with zero attached hydrogens (tertiary/aromatic N) is 1. The molecule has 1 N–H and O–H groups in total. The third-order valence-corrected chi connectivity index (χ3v) is 4.98. The molecule has 2 aliphatic rings. The predicted octanol–water partition coefficient (Wildman–Crippen LogP) is 2.69. The zero-order valence-corrected chi connectivity index (χ0v) is 12.4. The quantitative estimate of drug-likeness (QED) is 0.808. The number of amides is 1. The molecule has 0 saturated heterocycles. The molecule has 4 unspecified atom stereocenters. The molecule has 20 heavy (non-hydrogen) atoms. The van der Waals surface area contributed by atoms with E-state index in [0.29, 0.717) is 18.8 Å². The molecule has 0 aromatic heterocycles. The van der Waals surface area contributed by atoms with E-state index in [1.165, 1.54) is 12.8 Å². The highest BCUT2D eigenvalue weighted by atomic mass is 16.4. The lowest BCUT2D eigenvalue weighted by molar-refractivity contribution is -0.151. The fourth-order valence-corrected chi connectivity index (χ4v) is 3.66. The molecule has 1 amide bonds. The number of carboxylic acids is 1. The summed E-state index contributed by atoms with van der Waals surface area (Å²) in [5, 5.41) is 9.30. The van der Waals surface area contributed by atoms with Crippen LogP contribution in [-0.4, -0.2) is 35.0 Å². The zero-order valence-electron chi connectivity index (χ0n) is 12.4. The Hall–Kier alpha value is -1.32. The van der Waals surface area contributed by atoms with Crippen molar-refractivity contribution in [3.05, 3.63) is 12.2 Å². The number of allylic oxidation sites excluding steroid dienone is 2. The third-order valence-electron chi connectivity index (χ3n) is 4.98. The van der Waals surface area contributed by atoms with Crippen LogP contribution in [0.4, 0.5) is 0 Å². The maximum atomic E-state index is 12.7. The van der Waals surface area contributed by atoms with Gasteiger partial charge in [-0.05, 0) is 31.6 Å². The summed E-state index contributed by atoms with van der Waals surface area (Å²) < 4.78 is 0. The number of hydrogen-bond donors (Lipinski definition) is 1. The topological polar surface area (TPSA) is 57.6 Å². The summed E-state index contributed by atoms with van der Waals surface area (Å²) in [6.45, 7) is 2.20. The van der Waals surface area contributed by atoms with Crippen molar-refractivity contribution in [1.82, 2.24) is 4.90 Å². The van der Waals surface area contributed by atoms with Gasteiger partial charge in [-0.25, -0.2) is 0 Å². The molecule has 0 aliphatic heterocycles. The minimum Gasteiger partial charge on any atom is -0.481 e. The van der Waals surface area contributed by atoms with Crippen molar-refractivity contribution in [2.24, 2.45) is 17.8 Å². The smallest absolute Gasteiger partial charge is 0.307 e. The van der Waals surface area contributed by atoms with Crippen molar-refractivity contribution in [3.8, 4) is 0 Å². The van der Waals surface area contributed by atoms with Crippen LogP contribution in [0.3, 0.4) is 0 Å². The van der Waals surface area contributed by atoms with Crippen molar-refractivity contribution in [2.75, 3.05) is 7.05 Å². The van der Waals surface area contributed by atoms with Crippen LogP contribution in [0.25, 0.3) is 0 Å². The monoisotopic (exact) mass is 279 g/mol. The second-order valence-corrected chi connectivity index (χ2v) is 6.27. The standard InChI is InChI=1S/C16H25NO3/c1-11-7-3-6-10-14(11)17(2)15(18)12-8-4-5-9-13(12)16(19)20/h4-5,11-14H,3,6-10H2,1-2H3,(H,19,20). The van der Waals surface area contributed by atoms with Crippen molar-refractivity contribution < 1.29 is 14.7 Å². The van der Waals surface area contributed by atoms with Gasteiger partial charge in [-0.15, -0.1) is 0 Å². The Morgan fingerprint density at radius 3 is 2.30 bits per heavy atom. The first-order chi connectivity index (χ1) is 9.52. The predicted molar refractivity (Wildman–Crippen MR) is 77.2 cm³/mol. The van der Waals surface area contributed by atoms with Crippen LogP contribution >= 0.6 is 0 Å². The molecule has 0 aromatic carbocycles. The molecule has 2 aliphatic carbocycles. The van der Waals surface area contributed by atoms with Gasteiger partial charge in [0.2, 0.25) is 5.91 Å². The lowest BCUT2D eigenvalue weighted by Crippen LogP contribution is -2.47. The minimum absolute atomic E-state index is 0.0144. The molecule has 2 rings (SSSR count). The molecule has 112 valence electrons. The first kappa shape index (κ1) is 15.1. The van der Waals surface area contributed by atoms with Crippen LogP contribution in [0.15, 0.2) is 12.2 Å². The van der Waals surface area contributed by atoms with Crippen LogP contribution < -0.4 is 0 Å². The van der Waals surface area contributed by atoms with E-state index in [0.717, 1.165) is 12.8 Å². The van der Waals surface area contributed by atoms with Gasteiger partial charge in [0.1, 0.15) is 0 Å².